The van der Waals surface area contributed by atoms with Gasteiger partial charge in [-0.1, -0.05) is 18.2 Å². The minimum Gasteiger partial charge on any atom is -0.490 e. The highest BCUT2D eigenvalue weighted by atomic mass is 16.5. The van der Waals surface area contributed by atoms with Crippen LogP contribution in [0.5, 0.6) is 5.75 Å². The van der Waals surface area contributed by atoms with Crippen molar-refractivity contribution in [2.45, 2.75) is 38.3 Å². The Balaban J connectivity index is 1.39. The van der Waals surface area contributed by atoms with E-state index >= 15 is 0 Å². The summed E-state index contributed by atoms with van der Waals surface area (Å²) >= 11 is 0. The predicted octanol–water partition coefficient (Wildman–Crippen LogP) is 3.69. The van der Waals surface area contributed by atoms with Crippen molar-refractivity contribution in [1.82, 2.24) is 4.90 Å². The fraction of sp³-hybridized carbons (Fsp3) is 0.500. The van der Waals surface area contributed by atoms with Crippen LogP contribution in [0, 0.1) is 5.92 Å². The third-order valence-electron chi connectivity index (χ3n) is 5.69. The number of hydrogen-bond donors (Lipinski definition) is 1. The molecule has 5 heteroatoms. The number of ether oxygens (including phenoxy) is 2. The SMILES string of the molecule is O=C(O)C1CCN(Cc2ccc3cc(OC4CCOCC4)ccc3c2)CC1. The lowest BCUT2D eigenvalue weighted by atomic mass is 9.96. The van der Waals surface area contributed by atoms with Crippen LogP contribution in [0.3, 0.4) is 0 Å². The molecule has 27 heavy (non-hydrogen) atoms. The molecular formula is C22H27NO4. The van der Waals surface area contributed by atoms with Crippen molar-refractivity contribution in [3.05, 3.63) is 42.0 Å². The summed E-state index contributed by atoms with van der Waals surface area (Å²) < 4.78 is 11.5. The second-order valence-corrected chi connectivity index (χ2v) is 7.66. The molecule has 2 aliphatic heterocycles. The first-order chi connectivity index (χ1) is 13.2. The molecule has 0 amide bonds. The number of carboxylic acid groups (broad SMARTS) is 1. The van der Waals surface area contributed by atoms with Crippen molar-refractivity contribution in [3.8, 4) is 5.75 Å². The zero-order valence-corrected chi connectivity index (χ0v) is 15.6. The number of rotatable bonds is 5. The molecule has 0 saturated carbocycles. The fourth-order valence-electron chi connectivity index (χ4n) is 4.03. The zero-order valence-electron chi connectivity index (χ0n) is 15.6. The molecule has 144 valence electrons. The number of fused-ring (bicyclic) bond motifs is 1. The highest BCUT2D eigenvalue weighted by Gasteiger charge is 2.24. The van der Waals surface area contributed by atoms with Crippen molar-refractivity contribution in [2.24, 2.45) is 5.92 Å². The normalized spacial score (nSPS) is 20.0. The standard InChI is InChI=1S/C22H27NO4/c24-22(25)17-5-9-23(10-6-17)15-16-1-2-19-14-21(4-3-18(19)13-16)27-20-7-11-26-12-8-20/h1-4,13-14,17,20H,5-12,15H2,(H,24,25). The number of carboxylic acids is 1. The molecule has 5 nitrogen and oxygen atoms in total. The van der Waals surface area contributed by atoms with Gasteiger partial charge in [0.1, 0.15) is 11.9 Å². The lowest BCUT2D eigenvalue weighted by Gasteiger charge is -2.30. The Bertz CT molecular complexity index is 792. The molecule has 2 aromatic rings. The number of carbonyl (C=O) groups is 1. The van der Waals surface area contributed by atoms with Crippen LogP contribution >= 0.6 is 0 Å². The number of benzene rings is 2. The van der Waals surface area contributed by atoms with Gasteiger partial charge < -0.3 is 14.6 Å². The van der Waals surface area contributed by atoms with E-state index in [0.29, 0.717) is 0 Å². The van der Waals surface area contributed by atoms with Gasteiger partial charge in [-0.3, -0.25) is 9.69 Å². The Morgan fingerprint density at radius 2 is 1.74 bits per heavy atom. The number of hydrogen-bond acceptors (Lipinski definition) is 4. The number of aliphatic carboxylic acids is 1. The van der Waals surface area contributed by atoms with Crippen LogP contribution in [-0.2, 0) is 16.1 Å². The van der Waals surface area contributed by atoms with Crippen molar-refractivity contribution in [2.75, 3.05) is 26.3 Å². The van der Waals surface area contributed by atoms with Gasteiger partial charge in [-0.25, -0.2) is 0 Å². The number of likely N-dealkylation sites (tertiary alicyclic amines) is 1. The third kappa shape index (κ3) is 4.60. The Morgan fingerprint density at radius 3 is 2.48 bits per heavy atom. The van der Waals surface area contributed by atoms with Gasteiger partial charge in [-0.2, -0.15) is 0 Å². The summed E-state index contributed by atoms with van der Waals surface area (Å²) in [4.78, 5) is 13.4. The van der Waals surface area contributed by atoms with Crippen LogP contribution < -0.4 is 4.74 Å². The Kier molecular flexibility index (Phi) is 5.60. The Labute approximate surface area is 159 Å². The van der Waals surface area contributed by atoms with Gasteiger partial charge >= 0.3 is 5.97 Å². The average Bonchev–Trinajstić information content (AvgIpc) is 2.69. The molecule has 0 bridgehead atoms. The first kappa shape index (κ1) is 18.3. The van der Waals surface area contributed by atoms with E-state index in [1.807, 2.05) is 0 Å². The van der Waals surface area contributed by atoms with Gasteiger partial charge in [0.15, 0.2) is 0 Å². The van der Waals surface area contributed by atoms with Crippen LogP contribution in [0.4, 0.5) is 0 Å². The van der Waals surface area contributed by atoms with E-state index in [0.717, 1.165) is 64.3 Å². The molecule has 2 aliphatic rings. The maximum atomic E-state index is 11.1. The Hall–Kier alpha value is -2.11. The molecule has 2 heterocycles. The van der Waals surface area contributed by atoms with Gasteiger partial charge in [-0.15, -0.1) is 0 Å². The first-order valence-electron chi connectivity index (χ1n) is 9.89. The third-order valence-corrected chi connectivity index (χ3v) is 5.69. The smallest absolute Gasteiger partial charge is 0.306 e. The van der Waals surface area contributed by atoms with Crippen LogP contribution in [0.15, 0.2) is 36.4 Å². The van der Waals surface area contributed by atoms with Crippen LogP contribution in [-0.4, -0.2) is 48.4 Å². The highest BCUT2D eigenvalue weighted by molar-refractivity contribution is 5.84. The summed E-state index contributed by atoms with van der Waals surface area (Å²) in [6, 6.07) is 12.9. The minimum atomic E-state index is -0.654. The van der Waals surface area contributed by atoms with Crippen LogP contribution in [0.2, 0.25) is 0 Å². The van der Waals surface area contributed by atoms with Gasteiger partial charge in [-0.05, 0) is 60.5 Å². The van der Waals surface area contributed by atoms with E-state index in [2.05, 4.69) is 41.3 Å². The van der Waals surface area contributed by atoms with Gasteiger partial charge in [0, 0.05) is 19.4 Å². The average molecular weight is 369 g/mol. The van der Waals surface area contributed by atoms with E-state index in [1.54, 1.807) is 0 Å². The molecule has 4 rings (SSSR count). The molecule has 0 spiro atoms. The summed E-state index contributed by atoms with van der Waals surface area (Å²) in [5, 5.41) is 11.5. The fourth-order valence-corrected chi connectivity index (χ4v) is 4.03. The van der Waals surface area contributed by atoms with Gasteiger partial charge in [0.2, 0.25) is 0 Å². The summed E-state index contributed by atoms with van der Waals surface area (Å²) in [5.41, 5.74) is 1.27. The molecule has 0 radical (unpaired) electrons. The Morgan fingerprint density at radius 1 is 1.04 bits per heavy atom. The largest absolute Gasteiger partial charge is 0.490 e. The number of piperidine rings is 1. The van der Waals surface area contributed by atoms with Crippen LogP contribution in [0.25, 0.3) is 10.8 Å². The molecule has 0 aliphatic carbocycles. The summed E-state index contributed by atoms with van der Waals surface area (Å²) in [5.74, 6) is 0.101. The van der Waals surface area contributed by atoms with Gasteiger partial charge in [0.05, 0.1) is 19.1 Å². The molecule has 0 unspecified atom stereocenters. The first-order valence-corrected chi connectivity index (χ1v) is 9.89. The molecule has 2 saturated heterocycles. The zero-order chi connectivity index (χ0) is 18.6. The lowest BCUT2D eigenvalue weighted by Crippen LogP contribution is -2.35. The van der Waals surface area contributed by atoms with E-state index in [-0.39, 0.29) is 12.0 Å². The van der Waals surface area contributed by atoms with E-state index in [1.165, 1.54) is 16.3 Å². The summed E-state index contributed by atoms with van der Waals surface area (Å²) in [7, 11) is 0. The van der Waals surface area contributed by atoms with Crippen molar-refractivity contribution >= 4 is 16.7 Å². The maximum Gasteiger partial charge on any atom is 0.306 e. The van der Waals surface area contributed by atoms with E-state index < -0.39 is 5.97 Å². The summed E-state index contributed by atoms with van der Waals surface area (Å²) in [6.45, 7) is 4.15. The molecule has 0 aromatic heterocycles. The van der Waals surface area contributed by atoms with Crippen LogP contribution in [0.1, 0.15) is 31.2 Å². The molecular weight excluding hydrogens is 342 g/mol. The van der Waals surface area contributed by atoms with Crippen molar-refractivity contribution in [1.29, 1.82) is 0 Å². The predicted molar refractivity (Wildman–Crippen MR) is 104 cm³/mol. The second-order valence-electron chi connectivity index (χ2n) is 7.66. The molecule has 2 fully saturated rings. The van der Waals surface area contributed by atoms with Crippen molar-refractivity contribution in [3.63, 3.8) is 0 Å². The number of nitrogens with zero attached hydrogens (tertiary/aromatic N) is 1. The monoisotopic (exact) mass is 369 g/mol. The minimum absolute atomic E-state index is 0.174. The summed E-state index contributed by atoms with van der Waals surface area (Å²) in [6.07, 6.45) is 3.65. The highest BCUT2D eigenvalue weighted by Crippen LogP contribution is 2.26. The molecule has 0 atom stereocenters. The quantitative estimate of drug-likeness (QED) is 0.871. The second kappa shape index (κ2) is 8.28. The van der Waals surface area contributed by atoms with Crippen molar-refractivity contribution < 1.29 is 19.4 Å². The molecule has 2 aromatic carbocycles. The lowest BCUT2D eigenvalue weighted by molar-refractivity contribution is -0.143. The molecule has 1 N–H and O–H groups in total. The maximum absolute atomic E-state index is 11.1. The topological polar surface area (TPSA) is 59.0 Å². The van der Waals surface area contributed by atoms with E-state index in [4.69, 9.17) is 14.6 Å². The van der Waals surface area contributed by atoms with E-state index in [9.17, 15) is 4.79 Å². The van der Waals surface area contributed by atoms with Gasteiger partial charge in [0.25, 0.3) is 0 Å².